The van der Waals surface area contributed by atoms with Gasteiger partial charge in [0.25, 0.3) is 5.88 Å². The quantitative estimate of drug-likeness (QED) is 0.767. The van der Waals surface area contributed by atoms with Crippen LogP contribution in [-0.2, 0) is 4.79 Å². The summed E-state index contributed by atoms with van der Waals surface area (Å²) in [5, 5.41) is 9.03. The lowest BCUT2D eigenvalue weighted by Crippen LogP contribution is -2.29. The fourth-order valence-corrected chi connectivity index (χ4v) is 2.66. The molecule has 2 aromatic rings. The van der Waals surface area contributed by atoms with Crippen molar-refractivity contribution in [3.8, 4) is 17.7 Å². The summed E-state index contributed by atoms with van der Waals surface area (Å²) in [5.41, 5.74) is 1.07. The zero-order chi connectivity index (χ0) is 18.4. The molecule has 0 unspecified atom stereocenters. The number of amides is 1. The molecule has 0 bridgehead atoms. The van der Waals surface area contributed by atoms with E-state index in [2.05, 4.69) is 9.97 Å². The number of carbonyl (C=O) groups excluding carboxylic acids is 1. The van der Waals surface area contributed by atoms with Crippen LogP contribution in [0.4, 0.5) is 0 Å². The van der Waals surface area contributed by atoms with E-state index >= 15 is 0 Å². The van der Waals surface area contributed by atoms with Gasteiger partial charge in [-0.15, -0.1) is 0 Å². The van der Waals surface area contributed by atoms with Crippen molar-refractivity contribution in [2.75, 3.05) is 20.2 Å². The molecule has 7 nitrogen and oxygen atoms in total. The first-order chi connectivity index (χ1) is 12.7. The molecule has 1 aliphatic heterocycles. The number of aromatic nitrogens is 2. The number of ether oxygens (including phenoxy) is 2. The summed E-state index contributed by atoms with van der Waals surface area (Å²) in [6, 6.07) is 9.41. The molecule has 0 aliphatic carbocycles. The zero-order valence-electron chi connectivity index (χ0n) is 14.3. The summed E-state index contributed by atoms with van der Waals surface area (Å²) < 4.78 is 10.8. The molecule has 1 aromatic heterocycles. The fourth-order valence-electron chi connectivity index (χ4n) is 2.66. The highest BCUT2D eigenvalue weighted by atomic mass is 16.5. The van der Waals surface area contributed by atoms with E-state index in [1.165, 1.54) is 12.4 Å². The van der Waals surface area contributed by atoms with Crippen LogP contribution >= 0.6 is 0 Å². The fraction of sp³-hybridized carbons (Fsp3) is 0.263. The van der Waals surface area contributed by atoms with Crippen molar-refractivity contribution in [3.05, 3.63) is 54.0 Å². The lowest BCUT2D eigenvalue weighted by Gasteiger charge is -2.15. The van der Waals surface area contributed by atoms with Gasteiger partial charge in [-0.05, 0) is 23.8 Å². The number of carbonyl (C=O) groups is 1. The maximum Gasteiger partial charge on any atom is 0.251 e. The summed E-state index contributed by atoms with van der Waals surface area (Å²) in [7, 11) is 1.61. The first kappa shape index (κ1) is 17.4. The van der Waals surface area contributed by atoms with Gasteiger partial charge in [0.1, 0.15) is 17.9 Å². The molecular formula is C19H18N4O3. The Hall–Kier alpha value is -3.40. The van der Waals surface area contributed by atoms with E-state index < -0.39 is 0 Å². The van der Waals surface area contributed by atoms with Crippen LogP contribution in [0.3, 0.4) is 0 Å². The van der Waals surface area contributed by atoms with Gasteiger partial charge in [-0.1, -0.05) is 12.1 Å². The van der Waals surface area contributed by atoms with E-state index in [1.807, 2.05) is 30.3 Å². The number of methoxy groups -OCH3 is 1. The predicted molar refractivity (Wildman–Crippen MR) is 94.4 cm³/mol. The molecule has 1 saturated heterocycles. The summed E-state index contributed by atoms with van der Waals surface area (Å²) in [4.78, 5) is 22.0. The molecule has 7 heteroatoms. The first-order valence-electron chi connectivity index (χ1n) is 8.18. The largest absolute Gasteiger partial charge is 0.497 e. The van der Waals surface area contributed by atoms with Gasteiger partial charge in [-0.2, -0.15) is 5.26 Å². The van der Waals surface area contributed by atoms with Gasteiger partial charge in [0.05, 0.1) is 13.7 Å². The monoisotopic (exact) mass is 350 g/mol. The summed E-state index contributed by atoms with van der Waals surface area (Å²) in [6.07, 6.45) is 6.73. The number of hydrogen-bond acceptors (Lipinski definition) is 6. The van der Waals surface area contributed by atoms with Gasteiger partial charge < -0.3 is 14.4 Å². The number of nitriles is 1. The van der Waals surface area contributed by atoms with Crippen LogP contribution in [0, 0.1) is 11.3 Å². The van der Waals surface area contributed by atoms with Crippen LogP contribution in [0.25, 0.3) is 6.08 Å². The Morgan fingerprint density at radius 1 is 1.31 bits per heavy atom. The Morgan fingerprint density at radius 2 is 2.08 bits per heavy atom. The highest BCUT2D eigenvalue weighted by Gasteiger charge is 2.27. The minimum absolute atomic E-state index is 0.0772. The molecule has 3 rings (SSSR count). The lowest BCUT2D eigenvalue weighted by atomic mass is 10.2. The van der Waals surface area contributed by atoms with Crippen molar-refractivity contribution < 1.29 is 14.3 Å². The minimum atomic E-state index is -0.197. The number of benzene rings is 1. The Bertz CT molecular complexity index is 843. The maximum absolute atomic E-state index is 12.3. The topological polar surface area (TPSA) is 88.3 Å². The number of nitrogens with zero attached hydrogens (tertiary/aromatic N) is 4. The van der Waals surface area contributed by atoms with Crippen LogP contribution in [0.1, 0.15) is 17.7 Å². The molecule has 2 heterocycles. The van der Waals surface area contributed by atoms with E-state index in [4.69, 9.17) is 14.7 Å². The second kappa shape index (κ2) is 8.12. The summed E-state index contributed by atoms with van der Waals surface area (Å²) in [6.45, 7) is 1.05. The molecule has 0 saturated carbocycles. The Morgan fingerprint density at radius 3 is 2.81 bits per heavy atom. The predicted octanol–water partition coefficient (Wildman–Crippen LogP) is 2.05. The van der Waals surface area contributed by atoms with Crippen LogP contribution in [0.5, 0.6) is 11.6 Å². The molecule has 1 atom stereocenters. The Labute approximate surface area is 151 Å². The SMILES string of the molecule is COc1ccc(/C=C/C(=O)N2CC[C@@H](Oc3nccnc3C#N)C2)cc1. The van der Waals surface area contributed by atoms with Crippen molar-refractivity contribution in [1.82, 2.24) is 14.9 Å². The molecule has 26 heavy (non-hydrogen) atoms. The van der Waals surface area contributed by atoms with Gasteiger partial charge in [0, 0.05) is 31.4 Å². The molecule has 0 spiro atoms. The van der Waals surface area contributed by atoms with E-state index in [0.29, 0.717) is 19.5 Å². The van der Waals surface area contributed by atoms with Gasteiger partial charge >= 0.3 is 0 Å². The Kier molecular flexibility index (Phi) is 5.44. The van der Waals surface area contributed by atoms with Crippen molar-refractivity contribution in [2.45, 2.75) is 12.5 Å². The number of hydrogen-bond donors (Lipinski definition) is 0. The molecular weight excluding hydrogens is 332 g/mol. The smallest absolute Gasteiger partial charge is 0.251 e. The van der Waals surface area contributed by atoms with E-state index in [1.54, 1.807) is 24.2 Å². The highest BCUT2D eigenvalue weighted by molar-refractivity contribution is 5.92. The maximum atomic E-state index is 12.3. The van der Waals surface area contributed by atoms with Crippen molar-refractivity contribution in [2.24, 2.45) is 0 Å². The second-order valence-corrected chi connectivity index (χ2v) is 5.74. The minimum Gasteiger partial charge on any atom is -0.497 e. The average Bonchev–Trinajstić information content (AvgIpc) is 3.15. The van der Waals surface area contributed by atoms with Crippen molar-refractivity contribution in [1.29, 1.82) is 5.26 Å². The third-order valence-electron chi connectivity index (χ3n) is 4.04. The van der Waals surface area contributed by atoms with E-state index in [9.17, 15) is 4.79 Å². The van der Waals surface area contributed by atoms with Gasteiger partial charge in [0.15, 0.2) is 0 Å². The molecule has 0 radical (unpaired) electrons. The standard InChI is InChI=1S/C19H18N4O3/c1-25-15-5-2-14(3-6-15)4-7-18(24)23-11-8-16(13-23)26-19-17(12-20)21-9-10-22-19/h2-7,9-10,16H,8,11,13H2,1H3/b7-4+/t16-/m1/s1. The Balaban J connectivity index is 1.56. The van der Waals surface area contributed by atoms with Gasteiger partial charge in [-0.3, -0.25) is 4.79 Å². The third kappa shape index (κ3) is 4.16. The molecule has 132 valence electrons. The zero-order valence-corrected chi connectivity index (χ0v) is 14.3. The molecule has 1 aromatic carbocycles. The normalized spacial score (nSPS) is 16.5. The summed E-state index contributed by atoms with van der Waals surface area (Å²) >= 11 is 0. The average molecular weight is 350 g/mol. The van der Waals surface area contributed by atoms with E-state index in [-0.39, 0.29) is 23.6 Å². The molecule has 1 aliphatic rings. The van der Waals surface area contributed by atoms with Crippen LogP contribution < -0.4 is 9.47 Å². The van der Waals surface area contributed by atoms with E-state index in [0.717, 1.165) is 11.3 Å². The molecule has 1 amide bonds. The number of likely N-dealkylation sites (tertiary alicyclic amines) is 1. The van der Waals surface area contributed by atoms with Crippen LogP contribution in [0.2, 0.25) is 0 Å². The highest BCUT2D eigenvalue weighted by Crippen LogP contribution is 2.19. The van der Waals surface area contributed by atoms with Crippen molar-refractivity contribution in [3.63, 3.8) is 0 Å². The van der Waals surface area contributed by atoms with Crippen LogP contribution in [0.15, 0.2) is 42.7 Å². The number of rotatable bonds is 5. The second-order valence-electron chi connectivity index (χ2n) is 5.74. The first-order valence-corrected chi connectivity index (χ1v) is 8.18. The summed E-state index contributed by atoms with van der Waals surface area (Å²) in [5.74, 6) is 0.906. The lowest BCUT2D eigenvalue weighted by molar-refractivity contribution is -0.125. The van der Waals surface area contributed by atoms with Gasteiger partial charge in [-0.25, -0.2) is 9.97 Å². The van der Waals surface area contributed by atoms with Crippen LogP contribution in [-0.4, -0.2) is 47.1 Å². The van der Waals surface area contributed by atoms with Gasteiger partial charge in [0.2, 0.25) is 11.6 Å². The third-order valence-corrected chi connectivity index (χ3v) is 4.04. The molecule has 0 N–H and O–H groups in total. The van der Waals surface area contributed by atoms with Crippen molar-refractivity contribution >= 4 is 12.0 Å². The molecule has 1 fully saturated rings.